The first-order valence-electron chi connectivity index (χ1n) is 3.68. The van der Waals surface area contributed by atoms with Crippen LogP contribution in [0, 0.1) is 5.92 Å². The monoisotopic (exact) mass is 141 g/mol. The fourth-order valence-corrected chi connectivity index (χ4v) is 1.02. The Hall–Kier alpha value is -0.305. The van der Waals surface area contributed by atoms with Gasteiger partial charge < -0.3 is 0 Å². The van der Waals surface area contributed by atoms with Gasteiger partial charge in [0.15, 0.2) is 0 Å². The maximum atomic E-state index is 9.06. The summed E-state index contributed by atoms with van der Waals surface area (Å²) < 4.78 is 0. The second kappa shape index (κ2) is 4.50. The van der Waals surface area contributed by atoms with Crippen molar-refractivity contribution in [2.75, 3.05) is 7.05 Å². The fourth-order valence-electron chi connectivity index (χ4n) is 1.02. The van der Waals surface area contributed by atoms with Gasteiger partial charge in [0.1, 0.15) is 0 Å². The van der Waals surface area contributed by atoms with Gasteiger partial charge in [-0.25, -0.2) is 0 Å². The molecule has 2 nitrogen and oxygen atoms in total. The van der Waals surface area contributed by atoms with Crippen molar-refractivity contribution < 1.29 is 5.11 Å². The molecule has 0 aromatic carbocycles. The van der Waals surface area contributed by atoms with E-state index in [9.17, 15) is 0 Å². The van der Waals surface area contributed by atoms with E-state index >= 15 is 0 Å². The molecule has 0 saturated heterocycles. The quantitative estimate of drug-likeness (QED) is 0.541. The predicted molar refractivity (Wildman–Crippen MR) is 46.4 cm³/mol. The molecule has 0 rings (SSSR count). The molecule has 58 valence electrons. The van der Waals surface area contributed by atoms with Crippen LogP contribution in [-0.2, 0) is 0 Å². The zero-order valence-electron chi connectivity index (χ0n) is 7.02. The van der Waals surface area contributed by atoms with E-state index in [1.807, 2.05) is 7.05 Å². The van der Waals surface area contributed by atoms with Crippen molar-refractivity contribution in [3.8, 4) is 0 Å². The van der Waals surface area contributed by atoms with Crippen molar-refractivity contribution in [1.82, 2.24) is 5.32 Å². The molecule has 0 aliphatic carbocycles. The van der Waals surface area contributed by atoms with Crippen LogP contribution in [0.5, 0.6) is 0 Å². The van der Waals surface area contributed by atoms with Crippen LogP contribution < -0.4 is 5.32 Å². The van der Waals surface area contributed by atoms with E-state index in [4.69, 9.17) is 5.11 Å². The van der Waals surface area contributed by atoms with Crippen LogP contribution in [0.15, 0.2) is 0 Å². The Balaban J connectivity index is 3.92. The van der Waals surface area contributed by atoms with Gasteiger partial charge in [0.2, 0.25) is 0 Å². The van der Waals surface area contributed by atoms with Crippen LogP contribution >= 0.6 is 0 Å². The van der Waals surface area contributed by atoms with Gasteiger partial charge >= 0.3 is 62.8 Å². The molecule has 0 spiro atoms. The second-order valence-electron chi connectivity index (χ2n) is 2.64. The normalized spacial score (nSPS) is 16.2. The molecule has 0 amide bonds. The third-order valence-corrected chi connectivity index (χ3v) is 1.88. The van der Waals surface area contributed by atoms with Crippen LogP contribution in [0.2, 0.25) is 0 Å². The van der Waals surface area contributed by atoms with Crippen molar-refractivity contribution >= 4 is 13.1 Å². The van der Waals surface area contributed by atoms with Crippen molar-refractivity contribution in [1.29, 1.82) is 0 Å². The van der Waals surface area contributed by atoms with Gasteiger partial charge in [-0.3, -0.25) is 0 Å². The molecule has 0 aromatic rings. The molecule has 0 bridgehead atoms. The van der Waals surface area contributed by atoms with E-state index in [0.717, 1.165) is 6.42 Å². The van der Waals surface area contributed by atoms with Crippen LogP contribution in [0.1, 0.15) is 20.3 Å². The first-order chi connectivity index (χ1) is 4.63. The summed E-state index contributed by atoms with van der Waals surface area (Å²) in [6, 6.07) is 0.0463. The molecular weight excluding hydrogens is 125 g/mol. The topological polar surface area (TPSA) is 32.3 Å². The average Bonchev–Trinajstić information content (AvgIpc) is 1.88. The molecule has 0 fully saturated rings. The van der Waals surface area contributed by atoms with Crippen LogP contribution in [0.25, 0.3) is 0 Å². The Labute approximate surface area is 63.7 Å². The SMILES string of the molecule is B=C(O)[C@@H](NC)[C@@H](C)CC. The molecule has 0 radical (unpaired) electrons. The Morgan fingerprint density at radius 2 is 2.20 bits per heavy atom. The van der Waals surface area contributed by atoms with Crippen LogP contribution in [0.3, 0.4) is 0 Å². The average molecular weight is 141 g/mol. The maximum absolute atomic E-state index is 9.06. The van der Waals surface area contributed by atoms with Gasteiger partial charge in [0, 0.05) is 0 Å². The summed E-state index contributed by atoms with van der Waals surface area (Å²) in [5.41, 5.74) is 0.233. The van der Waals surface area contributed by atoms with E-state index in [-0.39, 0.29) is 11.7 Å². The third kappa shape index (κ3) is 2.52. The van der Waals surface area contributed by atoms with E-state index in [1.165, 1.54) is 0 Å². The van der Waals surface area contributed by atoms with Crippen molar-refractivity contribution in [2.24, 2.45) is 5.92 Å². The van der Waals surface area contributed by atoms with Gasteiger partial charge in [-0.05, 0) is 0 Å². The summed E-state index contributed by atoms with van der Waals surface area (Å²) in [4.78, 5) is 0. The summed E-state index contributed by atoms with van der Waals surface area (Å²) >= 11 is 0. The van der Waals surface area contributed by atoms with Gasteiger partial charge in [-0.1, -0.05) is 0 Å². The molecule has 2 atom stereocenters. The van der Waals surface area contributed by atoms with Crippen LogP contribution in [-0.4, -0.2) is 31.3 Å². The van der Waals surface area contributed by atoms with Crippen molar-refractivity contribution in [2.45, 2.75) is 26.3 Å². The van der Waals surface area contributed by atoms with E-state index in [2.05, 4.69) is 26.7 Å². The Morgan fingerprint density at radius 1 is 1.70 bits per heavy atom. The Bertz CT molecular complexity index is 116. The van der Waals surface area contributed by atoms with E-state index in [1.54, 1.807) is 0 Å². The van der Waals surface area contributed by atoms with E-state index in [0.29, 0.717) is 5.92 Å². The van der Waals surface area contributed by atoms with Gasteiger partial charge in [0.25, 0.3) is 0 Å². The number of nitrogens with one attached hydrogen (secondary N) is 1. The molecule has 0 aliphatic rings. The number of hydrogen-bond acceptors (Lipinski definition) is 2. The molecule has 0 aromatic heterocycles. The van der Waals surface area contributed by atoms with Crippen LogP contribution in [0.4, 0.5) is 0 Å². The number of rotatable bonds is 4. The number of hydrogen-bond donors (Lipinski definition) is 2. The molecular formula is C7H16BNO. The number of aliphatic hydroxyl groups is 1. The van der Waals surface area contributed by atoms with Gasteiger partial charge in [-0.15, -0.1) is 0 Å². The minimum absolute atomic E-state index is 0.0463. The van der Waals surface area contributed by atoms with Gasteiger partial charge in [-0.2, -0.15) is 0 Å². The second-order valence-corrected chi connectivity index (χ2v) is 2.64. The third-order valence-electron chi connectivity index (χ3n) is 1.88. The standard InChI is InChI=1S/C7H16BNO/c1-4-5(2)6(9-3)7(8)10/h5-6,8-10H,4H2,1-3H3/t5-,6-/m0/s1. The van der Waals surface area contributed by atoms with Gasteiger partial charge in [0.05, 0.1) is 0 Å². The molecule has 0 saturated carbocycles. The minimum atomic E-state index is 0.0463. The summed E-state index contributed by atoms with van der Waals surface area (Å²) in [6.45, 7) is 4.18. The zero-order chi connectivity index (χ0) is 8.15. The predicted octanol–water partition coefficient (Wildman–Crippen LogP) is 0.0237. The van der Waals surface area contributed by atoms with E-state index < -0.39 is 0 Å². The molecule has 10 heavy (non-hydrogen) atoms. The summed E-state index contributed by atoms with van der Waals surface area (Å²) in [7, 11) is 5.32. The Morgan fingerprint density at radius 3 is 2.30 bits per heavy atom. The first-order valence-corrected chi connectivity index (χ1v) is 3.68. The first kappa shape index (κ1) is 9.69. The summed E-state index contributed by atoms with van der Waals surface area (Å²) in [5, 5.41) is 12.1. The molecule has 0 aliphatic heterocycles. The molecule has 0 heterocycles. The van der Waals surface area contributed by atoms with Crippen molar-refractivity contribution in [3.05, 3.63) is 0 Å². The number of likely N-dealkylation sites (N-methyl/N-ethyl adjacent to an activating group) is 1. The van der Waals surface area contributed by atoms with Crippen molar-refractivity contribution in [3.63, 3.8) is 0 Å². The Kier molecular flexibility index (Phi) is 4.36. The summed E-state index contributed by atoms with van der Waals surface area (Å²) in [5.74, 6) is 0.447. The zero-order valence-corrected chi connectivity index (χ0v) is 7.02. The molecule has 0 unspecified atom stereocenters. The fraction of sp³-hybridized carbons (Fsp3) is 0.857. The molecule has 2 N–H and O–H groups in total. The molecule has 3 heteroatoms. The summed E-state index contributed by atoms with van der Waals surface area (Å²) in [6.07, 6.45) is 1.05. The number of aliphatic hydroxyl groups excluding tert-OH is 1.